The number of nitrogens with two attached hydrogens (primary N) is 1. The zero-order valence-electron chi connectivity index (χ0n) is 7.91. The smallest absolute Gasteiger partial charge is 0.00415 e. The highest BCUT2D eigenvalue weighted by Crippen LogP contribution is 2.28. The molecule has 72 valence electrons. The minimum Gasteiger partial charge on any atom is -0.328 e. The van der Waals surface area contributed by atoms with Gasteiger partial charge in [0.15, 0.2) is 0 Å². The van der Waals surface area contributed by atoms with Crippen molar-refractivity contribution in [2.24, 2.45) is 11.7 Å². The Hall–Kier alpha value is -0.340. The Bertz CT molecular complexity index is 243. The molecule has 0 saturated heterocycles. The van der Waals surface area contributed by atoms with Gasteiger partial charge in [0.05, 0.1) is 0 Å². The Kier molecular flexibility index (Phi) is 3.01. The first-order chi connectivity index (χ1) is 6.34. The van der Waals surface area contributed by atoms with Crippen molar-refractivity contribution in [2.45, 2.75) is 38.1 Å². The van der Waals surface area contributed by atoms with Crippen LogP contribution < -0.4 is 5.73 Å². The van der Waals surface area contributed by atoms with Crippen LogP contribution in [0.5, 0.6) is 0 Å². The van der Waals surface area contributed by atoms with Crippen LogP contribution in [0.2, 0.25) is 0 Å². The maximum atomic E-state index is 5.88. The van der Waals surface area contributed by atoms with Crippen molar-refractivity contribution < 1.29 is 0 Å². The van der Waals surface area contributed by atoms with Gasteiger partial charge in [-0.2, -0.15) is 11.3 Å². The second-order valence-electron chi connectivity index (χ2n) is 4.11. The van der Waals surface area contributed by atoms with Crippen molar-refractivity contribution in [2.75, 3.05) is 0 Å². The van der Waals surface area contributed by atoms with Gasteiger partial charge in [-0.05, 0) is 60.4 Å². The number of aryl methyl sites for hydroxylation is 1. The van der Waals surface area contributed by atoms with Crippen LogP contribution in [0.4, 0.5) is 0 Å². The summed E-state index contributed by atoms with van der Waals surface area (Å²) in [4.78, 5) is 0. The fourth-order valence-corrected chi connectivity index (χ4v) is 2.88. The second kappa shape index (κ2) is 4.25. The topological polar surface area (TPSA) is 26.0 Å². The third-order valence-electron chi connectivity index (χ3n) is 3.00. The van der Waals surface area contributed by atoms with E-state index in [1.165, 1.54) is 37.7 Å². The Balaban J connectivity index is 1.74. The van der Waals surface area contributed by atoms with Gasteiger partial charge in [-0.1, -0.05) is 0 Å². The van der Waals surface area contributed by atoms with Gasteiger partial charge in [0.2, 0.25) is 0 Å². The Morgan fingerprint density at radius 2 is 2.38 bits per heavy atom. The molecule has 0 amide bonds. The summed E-state index contributed by atoms with van der Waals surface area (Å²) < 4.78 is 0. The quantitative estimate of drug-likeness (QED) is 0.788. The van der Waals surface area contributed by atoms with Crippen LogP contribution in [-0.2, 0) is 6.42 Å². The minimum atomic E-state index is 0.493. The van der Waals surface area contributed by atoms with Crippen LogP contribution in [0, 0.1) is 5.92 Å². The average Bonchev–Trinajstić information content (AvgIpc) is 2.71. The zero-order valence-corrected chi connectivity index (χ0v) is 8.72. The largest absolute Gasteiger partial charge is 0.328 e. The lowest BCUT2D eigenvalue weighted by molar-refractivity contribution is 0.495. The number of rotatable bonds is 3. The molecule has 2 rings (SSSR count). The number of thiophene rings is 1. The molecule has 1 fully saturated rings. The van der Waals surface area contributed by atoms with Crippen molar-refractivity contribution >= 4 is 11.3 Å². The SMILES string of the molecule is NC1CCC(CCc2ccsc2)C1. The summed E-state index contributed by atoms with van der Waals surface area (Å²) in [7, 11) is 0. The van der Waals surface area contributed by atoms with Crippen molar-refractivity contribution in [3.05, 3.63) is 22.4 Å². The molecule has 1 aromatic heterocycles. The highest BCUT2D eigenvalue weighted by atomic mass is 32.1. The van der Waals surface area contributed by atoms with E-state index in [4.69, 9.17) is 5.73 Å². The molecule has 0 aromatic carbocycles. The highest BCUT2D eigenvalue weighted by Gasteiger charge is 2.20. The number of hydrogen-bond acceptors (Lipinski definition) is 2. The summed E-state index contributed by atoms with van der Waals surface area (Å²) in [5.41, 5.74) is 7.38. The summed E-state index contributed by atoms with van der Waals surface area (Å²) >= 11 is 1.80. The first-order valence-corrected chi connectivity index (χ1v) is 6.05. The minimum absolute atomic E-state index is 0.493. The molecule has 2 N–H and O–H groups in total. The molecule has 1 saturated carbocycles. The molecule has 0 spiro atoms. The van der Waals surface area contributed by atoms with Crippen molar-refractivity contribution in [1.82, 2.24) is 0 Å². The third-order valence-corrected chi connectivity index (χ3v) is 3.74. The van der Waals surface area contributed by atoms with E-state index in [-0.39, 0.29) is 0 Å². The lowest BCUT2D eigenvalue weighted by Crippen LogP contribution is -2.14. The van der Waals surface area contributed by atoms with E-state index in [1.807, 2.05) is 0 Å². The summed E-state index contributed by atoms with van der Waals surface area (Å²) in [6.07, 6.45) is 6.44. The fourth-order valence-electron chi connectivity index (χ4n) is 2.18. The molecule has 2 unspecified atom stereocenters. The highest BCUT2D eigenvalue weighted by molar-refractivity contribution is 7.07. The summed E-state index contributed by atoms with van der Waals surface area (Å²) in [6.45, 7) is 0. The van der Waals surface area contributed by atoms with E-state index in [2.05, 4.69) is 16.8 Å². The van der Waals surface area contributed by atoms with E-state index in [9.17, 15) is 0 Å². The van der Waals surface area contributed by atoms with E-state index in [0.717, 1.165) is 5.92 Å². The van der Waals surface area contributed by atoms with Gasteiger partial charge in [0.25, 0.3) is 0 Å². The van der Waals surface area contributed by atoms with Crippen LogP contribution in [0.3, 0.4) is 0 Å². The van der Waals surface area contributed by atoms with E-state index in [0.29, 0.717) is 6.04 Å². The van der Waals surface area contributed by atoms with Crippen LogP contribution in [0.15, 0.2) is 16.8 Å². The van der Waals surface area contributed by atoms with E-state index < -0.39 is 0 Å². The molecular formula is C11H17NS. The molecule has 2 atom stereocenters. The molecule has 0 radical (unpaired) electrons. The summed E-state index contributed by atoms with van der Waals surface area (Å²) in [6, 6.07) is 2.73. The molecule has 0 bridgehead atoms. The second-order valence-corrected chi connectivity index (χ2v) is 4.89. The molecule has 1 heterocycles. The normalized spacial score (nSPS) is 28.1. The first-order valence-electron chi connectivity index (χ1n) is 5.11. The molecule has 1 nitrogen and oxygen atoms in total. The fraction of sp³-hybridized carbons (Fsp3) is 0.636. The molecule has 0 aliphatic heterocycles. The van der Waals surface area contributed by atoms with Crippen LogP contribution in [-0.4, -0.2) is 6.04 Å². The molecule has 2 heteroatoms. The first kappa shape index (κ1) is 9.22. The lowest BCUT2D eigenvalue weighted by Gasteiger charge is -2.07. The zero-order chi connectivity index (χ0) is 9.10. The van der Waals surface area contributed by atoms with Gasteiger partial charge in [0.1, 0.15) is 0 Å². The molecule has 1 aliphatic carbocycles. The van der Waals surface area contributed by atoms with Crippen molar-refractivity contribution in [3.8, 4) is 0 Å². The van der Waals surface area contributed by atoms with Crippen molar-refractivity contribution in [3.63, 3.8) is 0 Å². The van der Waals surface area contributed by atoms with Gasteiger partial charge >= 0.3 is 0 Å². The van der Waals surface area contributed by atoms with Crippen LogP contribution in [0.25, 0.3) is 0 Å². The molecule has 1 aromatic rings. The Morgan fingerprint density at radius 3 is 3.00 bits per heavy atom. The van der Waals surface area contributed by atoms with Gasteiger partial charge in [-0.3, -0.25) is 0 Å². The lowest BCUT2D eigenvalue weighted by atomic mass is 9.99. The van der Waals surface area contributed by atoms with Crippen molar-refractivity contribution in [1.29, 1.82) is 0 Å². The molecular weight excluding hydrogens is 178 g/mol. The van der Waals surface area contributed by atoms with Crippen LogP contribution >= 0.6 is 11.3 Å². The van der Waals surface area contributed by atoms with Gasteiger partial charge in [-0.25, -0.2) is 0 Å². The van der Waals surface area contributed by atoms with E-state index in [1.54, 1.807) is 11.3 Å². The maximum absolute atomic E-state index is 5.88. The third kappa shape index (κ3) is 2.55. The van der Waals surface area contributed by atoms with Gasteiger partial charge < -0.3 is 5.73 Å². The standard InChI is InChI=1S/C11H17NS/c12-11-4-3-9(7-11)1-2-10-5-6-13-8-10/h5-6,8-9,11H,1-4,7,12H2. The molecule has 1 aliphatic rings. The summed E-state index contributed by atoms with van der Waals surface area (Å²) in [5.74, 6) is 0.898. The summed E-state index contributed by atoms with van der Waals surface area (Å²) in [5, 5.41) is 4.42. The Labute approximate surface area is 84.0 Å². The Morgan fingerprint density at radius 1 is 1.46 bits per heavy atom. The van der Waals surface area contributed by atoms with E-state index >= 15 is 0 Å². The maximum Gasteiger partial charge on any atom is 0.00415 e. The van der Waals surface area contributed by atoms with Gasteiger partial charge in [-0.15, -0.1) is 0 Å². The number of hydrogen-bond donors (Lipinski definition) is 1. The predicted molar refractivity (Wildman–Crippen MR) is 58.0 cm³/mol. The monoisotopic (exact) mass is 195 g/mol. The molecule has 13 heavy (non-hydrogen) atoms. The van der Waals surface area contributed by atoms with Crippen LogP contribution in [0.1, 0.15) is 31.2 Å². The van der Waals surface area contributed by atoms with Gasteiger partial charge in [0, 0.05) is 6.04 Å². The average molecular weight is 195 g/mol. The predicted octanol–water partition coefficient (Wildman–Crippen LogP) is 2.81.